The molecule has 0 spiro atoms. The van der Waals surface area contributed by atoms with E-state index in [0.29, 0.717) is 26.2 Å². The molecule has 1 saturated heterocycles. The van der Waals surface area contributed by atoms with Gasteiger partial charge in [0.25, 0.3) is 0 Å². The van der Waals surface area contributed by atoms with Crippen molar-refractivity contribution in [2.24, 2.45) is 0 Å². The number of carboxylic acid groups (broad SMARTS) is 1. The molecule has 0 bridgehead atoms. The summed E-state index contributed by atoms with van der Waals surface area (Å²) >= 11 is 0. The molecule has 2 unspecified atom stereocenters. The second-order valence-corrected chi connectivity index (χ2v) is 6.92. The molecule has 0 aliphatic carbocycles. The fourth-order valence-electron chi connectivity index (χ4n) is 3.42. The van der Waals surface area contributed by atoms with Crippen LogP contribution in [0.2, 0.25) is 0 Å². The molecule has 144 valence electrons. The molecule has 6 nitrogen and oxygen atoms in total. The molecular formula is C21H26N2O4. The highest BCUT2D eigenvalue weighted by Crippen LogP contribution is 2.28. The maximum Gasteiger partial charge on any atom is 0.407 e. The standard InChI is InChI=1S/C21H26N2O4/c24-20-14-23(21(25)26)11-10-19(20)17-8-9-18(22-13-17)7-4-12-27-15-16-5-2-1-3-6-16/h1-3,5-6,8-9,13,19-20,24H,4,7,10-12,14-15H2,(H,25,26). The maximum absolute atomic E-state index is 11.0. The first-order valence-corrected chi connectivity index (χ1v) is 9.36. The van der Waals surface area contributed by atoms with Gasteiger partial charge in [-0.25, -0.2) is 4.79 Å². The molecule has 1 aliphatic heterocycles. The first kappa shape index (κ1) is 19.3. The van der Waals surface area contributed by atoms with E-state index >= 15 is 0 Å². The number of piperidine rings is 1. The van der Waals surface area contributed by atoms with E-state index in [-0.39, 0.29) is 12.5 Å². The van der Waals surface area contributed by atoms with Gasteiger partial charge in [-0.2, -0.15) is 0 Å². The average molecular weight is 370 g/mol. The van der Waals surface area contributed by atoms with Gasteiger partial charge in [0.05, 0.1) is 19.3 Å². The lowest BCUT2D eigenvalue weighted by Gasteiger charge is -2.34. The first-order chi connectivity index (χ1) is 13.1. The van der Waals surface area contributed by atoms with Gasteiger partial charge in [-0.3, -0.25) is 4.98 Å². The first-order valence-electron chi connectivity index (χ1n) is 9.36. The van der Waals surface area contributed by atoms with Crippen LogP contribution < -0.4 is 0 Å². The number of carbonyl (C=O) groups is 1. The summed E-state index contributed by atoms with van der Waals surface area (Å²) in [6.45, 7) is 1.91. The van der Waals surface area contributed by atoms with E-state index in [1.54, 1.807) is 0 Å². The van der Waals surface area contributed by atoms with Gasteiger partial charge in [0.2, 0.25) is 0 Å². The molecular weight excluding hydrogens is 344 g/mol. The largest absolute Gasteiger partial charge is 0.465 e. The molecule has 3 rings (SSSR count). The molecule has 1 aliphatic rings. The summed E-state index contributed by atoms with van der Waals surface area (Å²) in [5.74, 6) is -0.0589. The van der Waals surface area contributed by atoms with Gasteiger partial charge in [0.1, 0.15) is 0 Å². The van der Waals surface area contributed by atoms with Gasteiger partial charge in [0, 0.05) is 31.0 Å². The zero-order chi connectivity index (χ0) is 19.1. The number of benzene rings is 1. The number of hydrogen-bond acceptors (Lipinski definition) is 4. The fraction of sp³-hybridized carbons (Fsp3) is 0.429. The Labute approximate surface area is 159 Å². The Kier molecular flexibility index (Phi) is 6.79. The Balaban J connectivity index is 1.41. The Hall–Kier alpha value is -2.44. The topological polar surface area (TPSA) is 82.9 Å². The van der Waals surface area contributed by atoms with Crippen LogP contribution in [0.3, 0.4) is 0 Å². The summed E-state index contributed by atoms with van der Waals surface area (Å²) < 4.78 is 5.69. The minimum absolute atomic E-state index is 0.0589. The zero-order valence-corrected chi connectivity index (χ0v) is 15.3. The maximum atomic E-state index is 11.0. The van der Waals surface area contributed by atoms with Crippen LogP contribution in [0.15, 0.2) is 48.7 Å². The highest BCUT2D eigenvalue weighted by Gasteiger charge is 2.31. The fourth-order valence-corrected chi connectivity index (χ4v) is 3.42. The molecule has 1 amide bonds. The summed E-state index contributed by atoms with van der Waals surface area (Å²) in [6.07, 6.45) is 2.50. The summed E-state index contributed by atoms with van der Waals surface area (Å²) in [4.78, 5) is 16.8. The summed E-state index contributed by atoms with van der Waals surface area (Å²) in [6, 6.07) is 14.1. The molecule has 2 aromatic rings. The normalized spacial score (nSPS) is 19.8. The lowest BCUT2D eigenvalue weighted by atomic mass is 9.88. The second kappa shape index (κ2) is 9.48. The Morgan fingerprint density at radius 1 is 1.22 bits per heavy atom. The van der Waals surface area contributed by atoms with Crippen molar-refractivity contribution < 1.29 is 19.7 Å². The van der Waals surface area contributed by atoms with Gasteiger partial charge >= 0.3 is 6.09 Å². The number of likely N-dealkylation sites (tertiary alicyclic amines) is 1. The number of amides is 1. The number of nitrogens with zero attached hydrogens (tertiary/aromatic N) is 2. The predicted molar refractivity (Wildman–Crippen MR) is 102 cm³/mol. The number of aliphatic hydroxyl groups is 1. The highest BCUT2D eigenvalue weighted by atomic mass is 16.5. The van der Waals surface area contributed by atoms with Crippen LogP contribution in [-0.2, 0) is 17.8 Å². The van der Waals surface area contributed by atoms with Crippen molar-refractivity contribution in [3.8, 4) is 0 Å². The lowest BCUT2D eigenvalue weighted by Crippen LogP contribution is -2.45. The minimum atomic E-state index is -0.976. The molecule has 2 N–H and O–H groups in total. The predicted octanol–water partition coefficient (Wildman–Crippen LogP) is 3.06. The zero-order valence-electron chi connectivity index (χ0n) is 15.3. The highest BCUT2D eigenvalue weighted by molar-refractivity contribution is 5.65. The molecule has 0 radical (unpaired) electrons. The molecule has 6 heteroatoms. The van der Waals surface area contributed by atoms with E-state index in [1.165, 1.54) is 10.5 Å². The van der Waals surface area contributed by atoms with Crippen LogP contribution in [0, 0.1) is 0 Å². The third kappa shape index (κ3) is 5.52. The number of aryl methyl sites for hydroxylation is 1. The van der Waals surface area contributed by atoms with Gasteiger partial charge in [-0.15, -0.1) is 0 Å². The third-order valence-electron chi connectivity index (χ3n) is 4.96. The Morgan fingerprint density at radius 3 is 2.70 bits per heavy atom. The van der Waals surface area contributed by atoms with Crippen LogP contribution in [0.5, 0.6) is 0 Å². The molecule has 2 heterocycles. The van der Waals surface area contributed by atoms with Gasteiger partial charge in [0.15, 0.2) is 0 Å². The Bertz CT molecular complexity index is 721. The van der Waals surface area contributed by atoms with Crippen LogP contribution in [-0.4, -0.2) is 52.0 Å². The van der Waals surface area contributed by atoms with E-state index < -0.39 is 12.2 Å². The minimum Gasteiger partial charge on any atom is -0.465 e. The van der Waals surface area contributed by atoms with Crippen LogP contribution in [0.1, 0.15) is 35.6 Å². The van der Waals surface area contributed by atoms with Crippen molar-refractivity contribution >= 4 is 6.09 Å². The number of aromatic nitrogens is 1. The smallest absolute Gasteiger partial charge is 0.407 e. The number of aliphatic hydroxyl groups excluding tert-OH is 1. The van der Waals surface area contributed by atoms with Crippen molar-refractivity contribution in [1.82, 2.24) is 9.88 Å². The van der Waals surface area contributed by atoms with E-state index in [9.17, 15) is 9.90 Å². The number of pyridine rings is 1. The van der Waals surface area contributed by atoms with Gasteiger partial charge in [-0.05, 0) is 36.5 Å². The van der Waals surface area contributed by atoms with Crippen LogP contribution in [0.4, 0.5) is 4.79 Å². The second-order valence-electron chi connectivity index (χ2n) is 6.92. The lowest BCUT2D eigenvalue weighted by molar-refractivity contribution is 0.0503. The Morgan fingerprint density at radius 2 is 2.04 bits per heavy atom. The van der Waals surface area contributed by atoms with Gasteiger partial charge < -0.3 is 19.8 Å². The van der Waals surface area contributed by atoms with Crippen molar-refractivity contribution in [2.75, 3.05) is 19.7 Å². The molecule has 0 saturated carbocycles. The number of hydrogen-bond donors (Lipinski definition) is 2. The van der Waals surface area contributed by atoms with Crippen molar-refractivity contribution in [3.05, 3.63) is 65.5 Å². The van der Waals surface area contributed by atoms with E-state index in [2.05, 4.69) is 17.1 Å². The quantitative estimate of drug-likeness (QED) is 0.732. The average Bonchev–Trinajstić information content (AvgIpc) is 2.69. The summed E-state index contributed by atoms with van der Waals surface area (Å²) in [5.41, 5.74) is 3.14. The third-order valence-corrected chi connectivity index (χ3v) is 4.96. The summed E-state index contributed by atoms with van der Waals surface area (Å²) in [7, 11) is 0. The summed E-state index contributed by atoms with van der Waals surface area (Å²) in [5, 5.41) is 19.3. The van der Waals surface area contributed by atoms with Crippen LogP contribution in [0.25, 0.3) is 0 Å². The molecule has 1 aromatic carbocycles. The van der Waals surface area contributed by atoms with Crippen molar-refractivity contribution in [2.45, 2.75) is 37.9 Å². The number of rotatable bonds is 7. The van der Waals surface area contributed by atoms with Crippen molar-refractivity contribution in [1.29, 1.82) is 0 Å². The van der Waals surface area contributed by atoms with E-state index in [1.807, 2.05) is 36.5 Å². The molecule has 27 heavy (non-hydrogen) atoms. The van der Waals surface area contributed by atoms with Gasteiger partial charge in [-0.1, -0.05) is 36.4 Å². The molecule has 1 aromatic heterocycles. The van der Waals surface area contributed by atoms with Crippen molar-refractivity contribution in [3.63, 3.8) is 0 Å². The molecule has 1 fully saturated rings. The number of β-amino-alcohol motifs (C(OH)–C–C–N with tert-alkyl or cyclic N) is 1. The van der Waals surface area contributed by atoms with E-state index in [4.69, 9.17) is 9.84 Å². The monoisotopic (exact) mass is 370 g/mol. The molecule has 2 atom stereocenters. The SMILES string of the molecule is O=C(O)N1CCC(c2ccc(CCCOCc3ccccc3)nc2)C(O)C1. The van der Waals surface area contributed by atoms with E-state index in [0.717, 1.165) is 24.1 Å². The number of ether oxygens (including phenoxy) is 1. The van der Waals surface area contributed by atoms with Crippen LogP contribution >= 0.6 is 0 Å².